The number of aromatic nitrogens is 4. The quantitative estimate of drug-likeness (QED) is 0.694. The van der Waals surface area contributed by atoms with Crippen LogP contribution in [-0.4, -0.2) is 37.8 Å². The van der Waals surface area contributed by atoms with Gasteiger partial charge in [-0.2, -0.15) is 10.1 Å². The Balaban J connectivity index is 1.61. The lowest BCUT2D eigenvalue weighted by molar-refractivity contribution is -0.135. The Morgan fingerprint density at radius 3 is 2.79 bits per heavy atom. The van der Waals surface area contributed by atoms with Crippen LogP contribution in [0.2, 0.25) is 0 Å². The van der Waals surface area contributed by atoms with E-state index in [1.807, 2.05) is 49.5 Å². The molecule has 0 unspecified atom stereocenters. The Hall–Kier alpha value is -2.96. The molecular formula is C17H19N5O2. The molecule has 24 heavy (non-hydrogen) atoms. The lowest BCUT2D eigenvalue weighted by Crippen LogP contribution is -2.33. The number of hydrogen-bond acceptors (Lipinski definition) is 5. The first-order chi connectivity index (χ1) is 11.6. The number of amides is 1. The SMILES string of the molecule is C[C@H](Cn1cccn1)C(=O)N(C)Cc1nc(-c2ccccc2)no1. The molecule has 2 heterocycles. The fraction of sp³-hybridized carbons (Fsp3) is 0.294. The van der Waals surface area contributed by atoms with Gasteiger partial charge in [-0.25, -0.2) is 0 Å². The maximum absolute atomic E-state index is 12.4. The number of hydrogen-bond donors (Lipinski definition) is 0. The second kappa shape index (κ2) is 7.08. The first kappa shape index (κ1) is 15.9. The summed E-state index contributed by atoms with van der Waals surface area (Å²) in [5.74, 6) is 0.753. The van der Waals surface area contributed by atoms with Crippen molar-refractivity contribution in [2.75, 3.05) is 7.05 Å². The number of benzene rings is 1. The molecule has 124 valence electrons. The monoisotopic (exact) mass is 325 g/mol. The highest BCUT2D eigenvalue weighted by molar-refractivity contribution is 5.78. The van der Waals surface area contributed by atoms with Gasteiger partial charge in [0.15, 0.2) is 0 Å². The van der Waals surface area contributed by atoms with Crippen LogP contribution in [0, 0.1) is 5.92 Å². The van der Waals surface area contributed by atoms with E-state index in [0.29, 0.717) is 18.3 Å². The Labute approximate surface area is 139 Å². The van der Waals surface area contributed by atoms with Crippen molar-refractivity contribution >= 4 is 5.91 Å². The highest BCUT2D eigenvalue weighted by Crippen LogP contribution is 2.16. The molecule has 0 bridgehead atoms. The largest absolute Gasteiger partial charge is 0.337 e. The summed E-state index contributed by atoms with van der Waals surface area (Å²) >= 11 is 0. The van der Waals surface area contributed by atoms with Crippen molar-refractivity contribution in [2.24, 2.45) is 5.92 Å². The van der Waals surface area contributed by atoms with Crippen LogP contribution in [0.1, 0.15) is 12.8 Å². The normalized spacial score (nSPS) is 12.1. The molecule has 0 radical (unpaired) electrons. The number of nitrogens with zero attached hydrogens (tertiary/aromatic N) is 5. The van der Waals surface area contributed by atoms with Gasteiger partial charge in [0.2, 0.25) is 17.6 Å². The Kier molecular flexibility index (Phi) is 4.69. The molecule has 0 aliphatic carbocycles. The summed E-state index contributed by atoms with van der Waals surface area (Å²) in [6.07, 6.45) is 3.54. The lowest BCUT2D eigenvalue weighted by atomic mass is 10.1. The Morgan fingerprint density at radius 2 is 2.08 bits per heavy atom. The van der Waals surface area contributed by atoms with Crippen LogP contribution in [-0.2, 0) is 17.9 Å². The summed E-state index contributed by atoms with van der Waals surface area (Å²) in [6, 6.07) is 11.4. The van der Waals surface area contributed by atoms with Crippen LogP contribution in [0.25, 0.3) is 11.4 Å². The van der Waals surface area contributed by atoms with Gasteiger partial charge in [-0.05, 0) is 6.07 Å². The summed E-state index contributed by atoms with van der Waals surface area (Å²) in [5.41, 5.74) is 0.883. The molecule has 0 spiro atoms. The molecule has 3 rings (SSSR count). The molecule has 1 atom stereocenters. The predicted molar refractivity (Wildman–Crippen MR) is 87.6 cm³/mol. The van der Waals surface area contributed by atoms with Crippen molar-refractivity contribution < 1.29 is 9.32 Å². The van der Waals surface area contributed by atoms with E-state index in [2.05, 4.69) is 15.2 Å². The third-order valence-electron chi connectivity index (χ3n) is 3.69. The summed E-state index contributed by atoms with van der Waals surface area (Å²) in [6.45, 7) is 2.70. The zero-order valence-electron chi connectivity index (χ0n) is 13.7. The third-order valence-corrected chi connectivity index (χ3v) is 3.69. The van der Waals surface area contributed by atoms with Gasteiger partial charge in [0.05, 0.1) is 19.0 Å². The van der Waals surface area contributed by atoms with E-state index in [0.717, 1.165) is 5.56 Å². The molecule has 0 fully saturated rings. The molecule has 0 saturated carbocycles. The molecule has 0 aliphatic heterocycles. The number of rotatable bonds is 6. The molecule has 3 aromatic rings. The molecule has 0 saturated heterocycles. The zero-order valence-corrected chi connectivity index (χ0v) is 13.7. The second-order valence-corrected chi connectivity index (χ2v) is 5.70. The van der Waals surface area contributed by atoms with E-state index in [4.69, 9.17) is 4.52 Å². The molecule has 1 aromatic carbocycles. The minimum absolute atomic E-state index is 0.00459. The van der Waals surface area contributed by atoms with Crippen molar-refractivity contribution in [3.63, 3.8) is 0 Å². The molecule has 0 N–H and O–H groups in total. The minimum atomic E-state index is -0.189. The topological polar surface area (TPSA) is 77.1 Å². The Bertz CT molecular complexity index is 782. The highest BCUT2D eigenvalue weighted by atomic mass is 16.5. The van der Waals surface area contributed by atoms with Gasteiger partial charge in [0, 0.05) is 25.0 Å². The van der Waals surface area contributed by atoms with Gasteiger partial charge in [0.1, 0.15) is 0 Å². The fourth-order valence-electron chi connectivity index (χ4n) is 2.45. The van der Waals surface area contributed by atoms with Crippen LogP contribution in [0.4, 0.5) is 0 Å². The summed E-state index contributed by atoms with van der Waals surface area (Å²) < 4.78 is 7.00. The molecule has 0 aliphatic rings. The van der Waals surface area contributed by atoms with Crippen molar-refractivity contribution in [3.05, 3.63) is 54.7 Å². The van der Waals surface area contributed by atoms with Gasteiger partial charge in [-0.15, -0.1) is 0 Å². The molecule has 7 nitrogen and oxygen atoms in total. The molecule has 2 aromatic heterocycles. The van der Waals surface area contributed by atoms with E-state index < -0.39 is 0 Å². The smallest absolute Gasteiger partial charge is 0.246 e. The van der Waals surface area contributed by atoms with Gasteiger partial charge >= 0.3 is 0 Å². The second-order valence-electron chi connectivity index (χ2n) is 5.70. The molecular weight excluding hydrogens is 306 g/mol. The van der Waals surface area contributed by atoms with E-state index in [9.17, 15) is 4.79 Å². The van der Waals surface area contributed by atoms with Crippen LogP contribution >= 0.6 is 0 Å². The fourth-order valence-corrected chi connectivity index (χ4v) is 2.45. The van der Waals surface area contributed by atoms with Crippen LogP contribution in [0.5, 0.6) is 0 Å². The van der Waals surface area contributed by atoms with E-state index in [1.54, 1.807) is 22.8 Å². The predicted octanol–water partition coefficient (Wildman–Crippen LogP) is 2.23. The zero-order chi connectivity index (χ0) is 16.9. The van der Waals surface area contributed by atoms with Gasteiger partial charge in [0.25, 0.3) is 0 Å². The molecule has 1 amide bonds. The van der Waals surface area contributed by atoms with Gasteiger partial charge < -0.3 is 9.42 Å². The maximum atomic E-state index is 12.4. The number of carbonyl (C=O) groups is 1. The summed E-state index contributed by atoms with van der Waals surface area (Å²) in [4.78, 5) is 18.4. The number of carbonyl (C=O) groups excluding carboxylic acids is 1. The third kappa shape index (κ3) is 3.68. The van der Waals surface area contributed by atoms with Crippen LogP contribution in [0.3, 0.4) is 0 Å². The average Bonchev–Trinajstić information content (AvgIpc) is 3.27. The van der Waals surface area contributed by atoms with E-state index in [1.165, 1.54) is 0 Å². The first-order valence-electron chi connectivity index (χ1n) is 7.74. The van der Waals surface area contributed by atoms with Gasteiger partial charge in [-0.3, -0.25) is 9.48 Å². The van der Waals surface area contributed by atoms with Crippen LogP contribution in [0.15, 0.2) is 53.3 Å². The lowest BCUT2D eigenvalue weighted by Gasteiger charge is -2.19. The highest BCUT2D eigenvalue weighted by Gasteiger charge is 2.20. The average molecular weight is 325 g/mol. The van der Waals surface area contributed by atoms with E-state index in [-0.39, 0.29) is 18.4 Å². The van der Waals surface area contributed by atoms with Crippen LogP contribution < -0.4 is 0 Å². The standard InChI is InChI=1S/C17H19N5O2/c1-13(11-22-10-6-9-18-22)17(23)21(2)12-15-19-16(20-24-15)14-7-4-3-5-8-14/h3-10,13H,11-12H2,1-2H3/t13-/m1/s1. The van der Waals surface area contributed by atoms with E-state index >= 15 is 0 Å². The van der Waals surface area contributed by atoms with Crippen molar-refractivity contribution in [3.8, 4) is 11.4 Å². The minimum Gasteiger partial charge on any atom is -0.337 e. The molecule has 7 heteroatoms. The van der Waals surface area contributed by atoms with Crippen molar-refractivity contribution in [1.29, 1.82) is 0 Å². The summed E-state index contributed by atoms with van der Waals surface area (Å²) in [5, 5.41) is 8.09. The van der Waals surface area contributed by atoms with Gasteiger partial charge in [-0.1, -0.05) is 42.4 Å². The first-order valence-corrected chi connectivity index (χ1v) is 7.74. The van der Waals surface area contributed by atoms with Crippen molar-refractivity contribution in [2.45, 2.75) is 20.0 Å². The summed E-state index contributed by atoms with van der Waals surface area (Å²) in [7, 11) is 1.73. The maximum Gasteiger partial charge on any atom is 0.246 e. The Morgan fingerprint density at radius 1 is 1.29 bits per heavy atom. The van der Waals surface area contributed by atoms with Crippen molar-refractivity contribution in [1.82, 2.24) is 24.8 Å².